The first kappa shape index (κ1) is 14.1. The predicted octanol–water partition coefficient (Wildman–Crippen LogP) is 3.08. The summed E-state index contributed by atoms with van der Waals surface area (Å²) in [6.07, 6.45) is 14.1. The summed E-state index contributed by atoms with van der Waals surface area (Å²) in [6.45, 7) is 7.60. The molecule has 3 nitrogen and oxygen atoms in total. The minimum absolute atomic E-state index is 0.814. The Morgan fingerprint density at radius 3 is 3.05 bits per heavy atom. The topological polar surface area (TPSA) is 27.6 Å². The summed E-state index contributed by atoms with van der Waals surface area (Å²) in [5.74, 6) is 1.87. The normalized spacial score (nSPS) is 17.5. The lowest BCUT2D eigenvalue weighted by Crippen LogP contribution is -2.26. The summed E-state index contributed by atoms with van der Waals surface area (Å²) in [5, 5.41) is 3.52. The van der Waals surface area contributed by atoms with Gasteiger partial charge in [-0.3, -0.25) is 4.99 Å². The number of fused-ring (bicyclic) bond motifs is 1. The molecule has 2 aliphatic rings. The number of hydrogen-bond donors (Lipinski definition) is 1. The van der Waals surface area contributed by atoms with Crippen LogP contribution in [0, 0.1) is 5.92 Å². The van der Waals surface area contributed by atoms with Crippen LogP contribution in [-0.2, 0) is 0 Å². The van der Waals surface area contributed by atoms with Gasteiger partial charge in [0.15, 0.2) is 0 Å². The molecule has 19 heavy (non-hydrogen) atoms. The SMILES string of the molecule is CC(C)CCCNCCC1=CN2C=CC=CC2=NC1. The van der Waals surface area contributed by atoms with Crippen molar-refractivity contribution in [3.05, 3.63) is 36.2 Å². The molecule has 1 N–H and O–H groups in total. The second-order valence-electron chi connectivity index (χ2n) is 5.61. The van der Waals surface area contributed by atoms with E-state index >= 15 is 0 Å². The fourth-order valence-electron chi connectivity index (χ4n) is 2.26. The summed E-state index contributed by atoms with van der Waals surface area (Å²) in [7, 11) is 0. The van der Waals surface area contributed by atoms with Gasteiger partial charge in [-0.2, -0.15) is 0 Å². The molecule has 0 radical (unpaired) electrons. The lowest BCUT2D eigenvalue weighted by Gasteiger charge is -2.24. The van der Waals surface area contributed by atoms with E-state index in [9.17, 15) is 0 Å². The van der Waals surface area contributed by atoms with Gasteiger partial charge < -0.3 is 10.2 Å². The van der Waals surface area contributed by atoms with Crippen LogP contribution in [0.5, 0.6) is 0 Å². The first-order chi connectivity index (χ1) is 9.25. The molecule has 0 spiro atoms. The van der Waals surface area contributed by atoms with Crippen LogP contribution < -0.4 is 5.32 Å². The molecule has 0 fully saturated rings. The van der Waals surface area contributed by atoms with Crippen molar-refractivity contribution in [2.45, 2.75) is 33.1 Å². The Bertz CT molecular complexity index is 402. The van der Waals surface area contributed by atoms with E-state index in [2.05, 4.69) is 47.5 Å². The van der Waals surface area contributed by atoms with Crippen LogP contribution in [0.25, 0.3) is 0 Å². The van der Waals surface area contributed by atoms with Crippen LogP contribution in [0.2, 0.25) is 0 Å². The maximum Gasteiger partial charge on any atom is 0.131 e. The van der Waals surface area contributed by atoms with Gasteiger partial charge in [-0.1, -0.05) is 19.9 Å². The minimum atomic E-state index is 0.814. The Kier molecular flexibility index (Phi) is 5.40. The van der Waals surface area contributed by atoms with E-state index in [-0.39, 0.29) is 0 Å². The van der Waals surface area contributed by atoms with Crippen molar-refractivity contribution in [2.24, 2.45) is 10.9 Å². The van der Waals surface area contributed by atoms with Crippen molar-refractivity contribution in [1.82, 2.24) is 10.2 Å². The van der Waals surface area contributed by atoms with Gasteiger partial charge in [-0.15, -0.1) is 0 Å². The summed E-state index contributed by atoms with van der Waals surface area (Å²) in [6, 6.07) is 0. The van der Waals surface area contributed by atoms with Crippen molar-refractivity contribution < 1.29 is 0 Å². The maximum atomic E-state index is 4.58. The lowest BCUT2D eigenvalue weighted by atomic mass is 10.1. The quantitative estimate of drug-likeness (QED) is 0.712. The molecule has 0 bridgehead atoms. The summed E-state index contributed by atoms with van der Waals surface area (Å²) < 4.78 is 0. The van der Waals surface area contributed by atoms with Crippen LogP contribution in [0.4, 0.5) is 0 Å². The molecule has 0 saturated heterocycles. The van der Waals surface area contributed by atoms with Crippen molar-refractivity contribution in [3.8, 4) is 0 Å². The van der Waals surface area contributed by atoms with E-state index in [4.69, 9.17) is 0 Å². The molecule has 0 unspecified atom stereocenters. The minimum Gasteiger partial charge on any atom is -0.316 e. The molecule has 2 rings (SSSR count). The average Bonchev–Trinajstić information content (AvgIpc) is 2.42. The predicted molar refractivity (Wildman–Crippen MR) is 82.1 cm³/mol. The molecule has 0 amide bonds. The van der Waals surface area contributed by atoms with Crippen LogP contribution in [0.15, 0.2) is 41.2 Å². The fourth-order valence-corrected chi connectivity index (χ4v) is 2.26. The third kappa shape index (κ3) is 4.67. The van der Waals surface area contributed by atoms with Gasteiger partial charge in [0.2, 0.25) is 0 Å². The first-order valence-electron chi connectivity index (χ1n) is 7.33. The Morgan fingerprint density at radius 1 is 1.32 bits per heavy atom. The number of rotatable bonds is 7. The molecule has 3 heteroatoms. The van der Waals surface area contributed by atoms with Crippen molar-refractivity contribution in [1.29, 1.82) is 0 Å². The second-order valence-corrected chi connectivity index (χ2v) is 5.61. The number of aliphatic imine (C=N–C) groups is 1. The Balaban J connectivity index is 1.63. The third-order valence-corrected chi connectivity index (χ3v) is 3.39. The molecule has 0 aliphatic carbocycles. The Hall–Kier alpha value is -1.35. The molecule has 2 heterocycles. The number of amidine groups is 1. The highest BCUT2D eigenvalue weighted by Gasteiger charge is 2.12. The van der Waals surface area contributed by atoms with Gasteiger partial charge in [0.25, 0.3) is 0 Å². The second kappa shape index (κ2) is 7.29. The highest BCUT2D eigenvalue weighted by Crippen LogP contribution is 2.14. The van der Waals surface area contributed by atoms with Gasteiger partial charge in [-0.25, -0.2) is 0 Å². The van der Waals surface area contributed by atoms with Crippen LogP contribution >= 0.6 is 0 Å². The number of hydrogen-bond acceptors (Lipinski definition) is 3. The first-order valence-corrected chi connectivity index (χ1v) is 7.33. The monoisotopic (exact) mass is 259 g/mol. The van der Waals surface area contributed by atoms with Crippen molar-refractivity contribution in [2.75, 3.05) is 19.6 Å². The van der Waals surface area contributed by atoms with E-state index in [0.29, 0.717) is 0 Å². The maximum absolute atomic E-state index is 4.58. The zero-order valence-electron chi connectivity index (χ0n) is 12.1. The van der Waals surface area contributed by atoms with Crippen LogP contribution in [0.3, 0.4) is 0 Å². The van der Waals surface area contributed by atoms with Gasteiger partial charge in [0, 0.05) is 12.4 Å². The summed E-state index contributed by atoms with van der Waals surface area (Å²) in [4.78, 5) is 6.69. The van der Waals surface area contributed by atoms with E-state index in [1.807, 2.05) is 12.2 Å². The smallest absolute Gasteiger partial charge is 0.131 e. The van der Waals surface area contributed by atoms with Gasteiger partial charge >= 0.3 is 0 Å². The number of nitrogens with zero attached hydrogens (tertiary/aromatic N) is 2. The third-order valence-electron chi connectivity index (χ3n) is 3.39. The molecule has 0 aromatic carbocycles. The van der Waals surface area contributed by atoms with Crippen LogP contribution in [-0.4, -0.2) is 30.4 Å². The van der Waals surface area contributed by atoms with Crippen molar-refractivity contribution in [3.63, 3.8) is 0 Å². The molecular weight excluding hydrogens is 234 g/mol. The van der Waals surface area contributed by atoms with Crippen LogP contribution in [0.1, 0.15) is 33.1 Å². The van der Waals surface area contributed by atoms with E-state index in [1.165, 1.54) is 18.4 Å². The van der Waals surface area contributed by atoms with E-state index in [0.717, 1.165) is 37.8 Å². The Labute approximate surface area is 116 Å². The van der Waals surface area contributed by atoms with Gasteiger partial charge in [-0.05, 0) is 56.0 Å². The highest BCUT2D eigenvalue weighted by atomic mass is 15.2. The largest absolute Gasteiger partial charge is 0.316 e. The molecular formula is C16H25N3. The molecule has 0 aromatic heterocycles. The zero-order chi connectivity index (χ0) is 13.5. The lowest BCUT2D eigenvalue weighted by molar-refractivity contribution is 0.527. The number of nitrogens with one attached hydrogen (secondary N) is 1. The Morgan fingerprint density at radius 2 is 2.21 bits per heavy atom. The number of allylic oxidation sites excluding steroid dienone is 2. The van der Waals surface area contributed by atoms with Crippen molar-refractivity contribution >= 4 is 5.84 Å². The fraction of sp³-hybridized carbons (Fsp3) is 0.562. The standard InChI is InChI=1S/C16H25N3/c1-14(2)6-5-9-17-10-8-15-12-18-16-7-3-4-11-19(16)13-15/h3-4,7,11,13-14,17H,5-6,8-10,12H2,1-2H3. The van der Waals surface area contributed by atoms with E-state index in [1.54, 1.807) is 0 Å². The highest BCUT2D eigenvalue weighted by molar-refractivity contribution is 5.96. The van der Waals surface area contributed by atoms with Gasteiger partial charge in [0.05, 0.1) is 6.54 Å². The molecule has 0 atom stereocenters. The molecule has 104 valence electrons. The average molecular weight is 259 g/mol. The summed E-state index contributed by atoms with van der Waals surface area (Å²) >= 11 is 0. The zero-order valence-corrected chi connectivity index (χ0v) is 12.1. The van der Waals surface area contributed by atoms with E-state index < -0.39 is 0 Å². The molecule has 0 aromatic rings. The molecule has 0 saturated carbocycles. The van der Waals surface area contributed by atoms with Gasteiger partial charge in [0.1, 0.15) is 5.84 Å². The molecule has 2 aliphatic heterocycles. The summed E-state index contributed by atoms with van der Waals surface area (Å²) in [5.41, 5.74) is 1.40.